The Labute approximate surface area is 94.6 Å². The van der Waals surface area contributed by atoms with E-state index in [2.05, 4.69) is 9.55 Å². The van der Waals surface area contributed by atoms with E-state index in [4.69, 9.17) is 5.73 Å². The lowest BCUT2D eigenvalue weighted by Gasteiger charge is -2.14. The first-order valence-corrected chi connectivity index (χ1v) is 7.42. The molecule has 0 atom stereocenters. The van der Waals surface area contributed by atoms with E-state index >= 15 is 0 Å². The van der Waals surface area contributed by atoms with E-state index in [-0.39, 0.29) is 11.5 Å². The second kappa shape index (κ2) is 3.30. The molecule has 6 heteroatoms. The number of aromatic nitrogens is 2. The molecule has 2 N–H and O–H groups in total. The van der Waals surface area contributed by atoms with Crippen molar-refractivity contribution in [2.24, 2.45) is 5.73 Å². The second-order valence-electron chi connectivity index (χ2n) is 4.57. The molecule has 1 aliphatic carbocycles. The predicted octanol–water partition coefficient (Wildman–Crippen LogP) is 0.148. The van der Waals surface area contributed by atoms with Crippen LogP contribution in [0.5, 0.6) is 0 Å². The molecule has 2 aliphatic rings. The zero-order valence-corrected chi connectivity index (χ0v) is 9.83. The lowest BCUT2D eigenvalue weighted by atomic mass is 10.2. The highest BCUT2D eigenvalue weighted by molar-refractivity contribution is 7.90. The molecule has 1 saturated carbocycles. The van der Waals surface area contributed by atoms with E-state index in [0.29, 0.717) is 19.0 Å². The molecule has 0 amide bonds. The number of imidazole rings is 1. The van der Waals surface area contributed by atoms with Gasteiger partial charge in [0.05, 0.1) is 23.7 Å². The van der Waals surface area contributed by atoms with Crippen LogP contribution in [0, 0.1) is 0 Å². The highest BCUT2D eigenvalue weighted by atomic mass is 32.2. The summed E-state index contributed by atoms with van der Waals surface area (Å²) in [6.07, 6.45) is 2.94. The summed E-state index contributed by atoms with van der Waals surface area (Å²) in [5.41, 5.74) is 7.51. The summed E-state index contributed by atoms with van der Waals surface area (Å²) >= 11 is 0. The van der Waals surface area contributed by atoms with Gasteiger partial charge in [0.25, 0.3) is 0 Å². The molecule has 2 heterocycles. The number of hydrogen-bond acceptors (Lipinski definition) is 4. The first-order valence-electron chi connectivity index (χ1n) is 5.60. The quantitative estimate of drug-likeness (QED) is 0.799. The van der Waals surface area contributed by atoms with Crippen molar-refractivity contribution in [2.45, 2.75) is 37.6 Å². The van der Waals surface area contributed by atoms with E-state index in [1.54, 1.807) is 0 Å². The third-order valence-electron chi connectivity index (χ3n) is 3.27. The normalized spacial score (nSPS) is 23.1. The van der Waals surface area contributed by atoms with Crippen LogP contribution in [0.15, 0.2) is 0 Å². The third-order valence-corrected chi connectivity index (χ3v) is 4.81. The molecule has 88 valence electrons. The SMILES string of the molecule is NCc1nc2c(n1C1CC1)CCS(=O)(=O)C2. The lowest BCUT2D eigenvalue weighted by molar-refractivity contribution is 0.586. The van der Waals surface area contributed by atoms with Gasteiger partial charge in [-0.2, -0.15) is 0 Å². The topological polar surface area (TPSA) is 78.0 Å². The highest BCUT2D eigenvalue weighted by Gasteiger charge is 2.33. The van der Waals surface area contributed by atoms with Crippen LogP contribution in [0.1, 0.15) is 36.1 Å². The molecule has 1 aromatic rings. The first kappa shape index (κ1) is 10.3. The number of hydrogen-bond donors (Lipinski definition) is 1. The first-order chi connectivity index (χ1) is 7.61. The van der Waals surface area contributed by atoms with Crippen molar-refractivity contribution in [3.8, 4) is 0 Å². The molecule has 1 aromatic heterocycles. The molecule has 0 radical (unpaired) electrons. The van der Waals surface area contributed by atoms with Crippen LogP contribution >= 0.6 is 0 Å². The largest absolute Gasteiger partial charge is 0.328 e. The van der Waals surface area contributed by atoms with Gasteiger partial charge in [0.2, 0.25) is 0 Å². The van der Waals surface area contributed by atoms with Gasteiger partial charge in [-0.1, -0.05) is 0 Å². The molecular weight excluding hydrogens is 226 g/mol. The van der Waals surface area contributed by atoms with Crippen LogP contribution in [0.3, 0.4) is 0 Å². The maximum absolute atomic E-state index is 11.5. The average Bonchev–Trinajstić information content (AvgIpc) is 2.98. The van der Waals surface area contributed by atoms with Gasteiger partial charge in [0, 0.05) is 18.2 Å². The smallest absolute Gasteiger partial charge is 0.156 e. The van der Waals surface area contributed by atoms with E-state index in [9.17, 15) is 8.42 Å². The van der Waals surface area contributed by atoms with E-state index in [0.717, 1.165) is 17.2 Å². The van der Waals surface area contributed by atoms with Crippen LogP contribution < -0.4 is 5.73 Å². The average molecular weight is 241 g/mol. The Morgan fingerprint density at radius 2 is 2.19 bits per heavy atom. The monoisotopic (exact) mass is 241 g/mol. The van der Waals surface area contributed by atoms with Crippen LogP contribution in [-0.4, -0.2) is 23.7 Å². The maximum atomic E-state index is 11.5. The van der Waals surface area contributed by atoms with Crippen molar-refractivity contribution < 1.29 is 8.42 Å². The van der Waals surface area contributed by atoms with Gasteiger partial charge in [-0.25, -0.2) is 13.4 Å². The van der Waals surface area contributed by atoms with Gasteiger partial charge >= 0.3 is 0 Å². The van der Waals surface area contributed by atoms with Gasteiger partial charge in [0.1, 0.15) is 5.82 Å². The standard InChI is InChI=1S/C10H15N3O2S/c11-5-10-12-8-6-16(14,15)4-3-9(8)13(10)7-1-2-7/h7H,1-6,11H2. The van der Waals surface area contributed by atoms with Gasteiger partial charge in [-0.15, -0.1) is 0 Å². The Morgan fingerprint density at radius 3 is 2.81 bits per heavy atom. The molecule has 0 aromatic carbocycles. The molecule has 5 nitrogen and oxygen atoms in total. The third kappa shape index (κ3) is 1.56. The molecule has 1 aliphatic heterocycles. The molecule has 0 saturated heterocycles. The number of nitrogens with two attached hydrogens (primary N) is 1. The second-order valence-corrected chi connectivity index (χ2v) is 6.75. The molecule has 0 unspecified atom stereocenters. The van der Waals surface area contributed by atoms with Gasteiger partial charge in [-0.05, 0) is 12.8 Å². The summed E-state index contributed by atoms with van der Waals surface area (Å²) in [6, 6.07) is 0.524. The van der Waals surface area contributed by atoms with Gasteiger partial charge in [-0.3, -0.25) is 0 Å². The van der Waals surface area contributed by atoms with Crippen LogP contribution in [0.4, 0.5) is 0 Å². The Bertz CT molecular complexity index is 529. The molecule has 1 fully saturated rings. The van der Waals surface area contributed by atoms with Crippen LogP contribution in [0.25, 0.3) is 0 Å². The van der Waals surface area contributed by atoms with E-state index in [1.807, 2.05) is 0 Å². The molecule has 3 rings (SSSR count). The molecule has 0 bridgehead atoms. The predicted molar refractivity (Wildman–Crippen MR) is 59.6 cm³/mol. The Hall–Kier alpha value is -0.880. The lowest BCUT2D eigenvalue weighted by Crippen LogP contribution is -2.20. The fourth-order valence-corrected chi connectivity index (χ4v) is 3.69. The fourth-order valence-electron chi connectivity index (χ4n) is 2.39. The number of rotatable bonds is 2. The summed E-state index contributed by atoms with van der Waals surface area (Å²) in [6.45, 7) is 0.392. The maximum Gasteiger partial charge on any atom is 0.156 e. The fraction of sp³-hybridized carbons (Fsp3) is 0.700. The molecular formula is C10H15N3O2S. The van der Waals surface area contributed by atoms with Crippen LogP contribution in [-0.2, 0) is 28.6 Å². The summed E-state index contributed by atoms with van der Waals surface area (Å²) in [7, 11) is -2.93. The van der Waals surface area contributed by atoms with E-state index in [1.165, 1.54) is 12.8 Å². The minimum Gasteiger partial charge on any atom is -0.328 e. The number of fused-ring (bicyclic) bond motifs is 1. The summed E-state index contributed by atoms with van der Waals surface area (Å²) in [5.74, 6) is 1.20. The Morgan fingerprint density at radius 1 is 1.44 bits per heavy atom. The van der Waals surface area contributed by atoms with Crippen molar-refractivity contribution >= 4 is 9.84 Å². The minimum absolute atomic E-state index is 0.0923. The Kier molecular flexibility index (Phi) is 2.12. The van der Waals surface area contributed by atoms with Crippen molar-refractivity contribution in [2.75, 3.05) is 5.75 Å². The van der Waals surface area contributed by atoms with Crippen molar-refractivity contribution in [1.29, 1.82) is 0 Å². The van der Waals surface area contributed by atoms with Crippen LogP contribution in [0.2, 0.25) is 0 Å². The summed E-state index contributed by atoms with van der Waals surface area (Å²) in [5, 5.41) is 0. The summed E-state index contributed by atoms with van der Waals surface area (Å²) < 4.78 is 25.2. The van der Waals surface area contributed by atoms with E-state index < -0.39 is 9.84 Å². The van der Waals surface area contributed by atoms with Crippen molar-refractivity contribution in [3.05, 3.63) is 17.2 Å². The number of sulfone groups is 1. The Balaban J connectivity index is 2.10. The number of nitrogens with zero attached hydrogens (tertiary/aromatic N) is 2. The van der Waals surface area contributed by atoms with Crippen molar-refractivity contribution in [3.63, 3.8) is 0 Å². The summed E-state index contributed by atoms with van der Waals surface area (Å²) in [4.78, 5) is 4.38. The molecule has 0 spiro atoms. The zero-order chi connectivity index (χ0) is 11.3. The minimum atomic E-state index is -2.93. The van der Waals surface area contributed by atoms with Gasteiger partial charge in [0.15, 0.2) is 9.84 Å². The van der Waals surface area contributed by atoms with Gasteiger partial charge < -0.3 is 10.3 Å². The van der Waals surface area contributed by atoms with Crippen molar-refractivity contribution in [1.82, 2.24) is 9.55 Å². The zero-order valence-electron chi connectivity index (χ0n) is 9.02. The molecule has 16 heavy (non-hydrogen) atoms. The highest BCUT2D eigenvalue weighted by Crippen LogP contribution is 2.39.